The molecule has 0 amide bonds. The molecule has 118 valence electrons. The molecule has 1 aromatic carbocycles. The van der Waals surface area contributed by atoms with E-state index in [1.165, 1.54) is 11.3 Å². The van der Waals surface area contributed by atoms with Crippen LogP contribution in [0.5, 0.6) is 0 Å². The standard InChI is InChI=1S/C16H18Cl3N3/c1-9(10-6-7-12(17)16(19)15(10)18)21-13-4-3-5-14-11(13)8-20-22(14)2/h6-9,13,21H,3-5H2,1-2H3/t9-,13-/m1/s1. The molecule has 0 saturated heterocycles. The highest BCUT2D eigenvalue weighted by molar-refractivity contribution is 6.48. The molecule has 1 aromatic heterocycles. The molecular weight excluding hydrogens is 341 g/mol. The highest BCUT2D eigenvalue weighted by Crippen LogP contribution is 2.37. The molecule has 1 aliphatic carbocycles. The Balaban J connectivity index is 1.84. The van der Waals surface area contributed by atoms with Gasteiger partial charge in [0, 0.05) is 30.4 Å². The van der Waals surface area contributed by atoms with Gasteiger partial charge in [-0.1, -0.05) is 40.9 Å². The topological polar surface area (TPSA) is 29.9 Å². The molecule has 1 aliphatic rings. The van der Waals surface area contributed by atoms with Crippen LogP contribution in [0.4, 0.5) is 0 Å². The lowest BCUT2D eigenvalue weighted by Crippen LogP contribution is -2.28. The van der Waals surface area contributed by atoms with Crippen LogP contribution in [0, 0.1) is 0 Å². The van der Waals surface area contributed by atoms with Crippen molar-refractivity contribution in [1.82, 2.24) is 15.1 Å². The lowest BCUT2D eigenvalue weighted by atomic mass is 9.92. The Hall–Kier alpha value is -0.740. The zero-order chi connectivity index (χ0) is 15.9. The molecule has 0 spiro atoms. The first kappa shape index (κ1) is 16.1. The fourth-order valence-electron chi connectivity index (χ4n) is 3.15. The molecule has 1 N–H and O–H groups in total. The smallest absolute Gasteiger partial charge is 0.0781 e. The van der Waals surface area contributed by atoms with Crippen molar-refractivity contribution in [3.05, 3.63) is 50.2 Å². The number of aryl methyl sites for hydroxylation is 1. The van der Waals surface area contributed by atoms with E-state index in [1.807, 2.05) is 24.0 Å². The van der Waals surface area contributed by atoms with Crippen molar-refractivity contribution in [3.8, 4) is 0 Å². The third-order valence-electron chi connectivity index (χ3n) is 4.36. The van der Waals surface area contributed by atoms with Gasteiger partial charge in [-0.05, 0) is 37.8 Å². The Morgan fingerprint density at radius 1 is 1.27 bits per heavy atom. The molecule has 22 heavy (non-hydrogen) atoms. The van der Waals surface area contributed by atoms with Gasteiger partial charge < -0.3 is 5.32 Å². The van der Waals surface area contributed by atoms with Gasteiger partial charge in [-0.15, -0.1) is 0 Å². The molecule has 2 aromatic rings. The number of hydrogen-bond donors (Lipinski definition) is 1. The van der Waals surface area contributed by atoms with Crippen molar-refractivity contribution >= 4 is 34.8 Å². The van der Waals surface area contributed by atoms with Crippen LogP contribution in [0.25, 0.3) is 0 Å². The average molecular weight is 359 g/mol. The molecule has 2 atom stereocenters. The van der Waals surface area contributed by atoms with E-state index >= 15 is 0 Å². The maximum absolute atomic E-state index is 6.34. The normalized spacial score (nSPS) is 19.0. The maximum Gasteiger partial charge on any atom is 0.0781 e. The Morgan fingerprint density at radius 2 is 2.05 bits per heavy atom. The highest BCUT2D eigenvalue weighted by Gasteiger charge is 2.25. The van der Waals surface area contributed by atoms with Gasteiger partial charge in [-0.25, -0.2) is 0 Å². The second-order valence-electron chi connectivity index (χ2n) is 5.77. The van der Waals surface area contributed by atoms with Crippen molar-refractivity contribution in [2.75, 3.05) is 0 Å². The van der Waals surface area contributed by atoms with Crippen molar-refractivity contribution in [2.45, 2.75) is 38.3 Å². The second kappa shape index (κ2) is 6.40. The molecule has 0 aliphatic heterocycles. The van der Waals surface area contributed by atoms with Gasteiger partial charge in [0.15, 0.2) is 0 Å². The van der Waals surface area contributed by atoms with Gasteiger partial charge in [-0.3, -0.25) is 4.68 Å². The summed E-state index contributed by atoms with van der Waals surface area (Å²) in [4.78, 5) is 0. The van der Waals surface area contributed by atoms with E-state index in [0.29, 0.717) is 15.1 Å². The van der Waals surface area contributed by atoms with E-state index in [1.54, 1.807) is 6.07 Å². The predicted octanol–water partition coefficient (Wildman–Crippen LogP) is 5.11. The minimum absolute atomic E-state index is 0.0819. The maximum atomic E-state index is 6.34. The number of fused-ring (bicyclic) bond motifs is 1. The third kappa shape index (κ3) is 2.88. The van der Waals surface area contributed by atoms with Crippen LogP contribution in [0.15, 0.2) is 18.3 Å². The highest BCUT2D eigenvalue weighted by atomic mass is 35.5. The summed E-state index contributed by atoms with van der Waals surface area (Å²) in [6.07, 6.45) is 5.31. The number of nitrogens with one attached hydrogen (secondary N) is 1. The Morgan fingerprint density at radius 3 is 2.82 bits per heavy atom. The monoisotopic (exact) mass is 357 g/mol. The molecule has 3 nitrogen and oxygen atoms in total. The molecule has 6 heteroatoms. The Kier molecular flexibility index (Phi) is 4.69. The number of rotatable bonds is 3. The summed E-state index contributed by atoms with van der Waals surface area (Å²) in [6.45, 7) is 2.09. The van der Waals surface area contributed by atoms with Gasteiger partial charge in [-0.2, -0.15) is 5.10 Å². The molecular formula is C16H18Cl3N3. The van der Waals surface area contributed by atoms with E-state index in [0.717, 1.165) is 24.8 Å². The van der Waals surface area contributed by atoms with E-state index < -0.39 is 0 Å². The number of nitrogens with zero attached hydrogens (tertiary/aromatic N) is 2. The number of aromatic nitrogens is 2. The zero-order valence-electron chi connectivity index (χ0n) is 12.5. The van der Waals surface area contributed by atoms with Crippen molar-refractivity contribution in [1.29, 1.82) is 0 Å². The fourth-order valence-corrected chi connectivity index (χ4v) is 3.85. The van der Waals surface area contributed by atoms with Gasteiger partial charge in [0.25, 0.3) is 0 Å². The number of hydrogen-bond acceptors (Lipinski definition) is 2. The zero-order valence-corrected chi connectivity index (χ0v) is 14.8. The summed E-state index contributed by atoms with van der Waals surface area (Å²) in [7, 11) is 2.00. The summed E-state index contributed by atoms with van der Waals surface area (Å²) in [5, 5.41) is 9.46. The molecule has 0 unspecified atom stereocenters. The van der Waals surface area contributed by atoms with Gasteiger partial charge in [0.2, 0.25) is 0 Å². The van der Waals surface area contributed by atoms with E-state index in [4.69, 9.17) is 34.8 Å². The van der Waals surface area contributed by atoms with Crippen LogP contribution in [0.3, 0.4) is 0 Å². The third-order valence-corrected chi connectivity index (χ3v) is 5.67. The first-order chi connectivity index (χ1) is 10.5. The van der Waals surface area contributed by atoms with Crippen LogP contribution in [-0.2, 0) is 13.5 Å². The summed E-state index contributed by atoms with van der Waals surface area (Å²) in [6, 6.07) is 4.09. The molecule has 0 bridgehead atoms. The summed E-state index contributed by atoms with van der Waals surface area (Å²) in [5.41, 5.74) is 3.57. The van der Waals surface area contributed by atoms with Crippen LogP contribution in [0.1, 0.15) is 48.7 Å². The van der Waals surface area contributed by atoms with Crippen molar-refractivity contribution in [3.63, 3.8) is 0 Å². The van der Waals surface area contributed by atoms with E-state index in [9.17, 15) is 0 Å². The Bertz CT molecular complexity index is 696. The molecule has 0 radical (unpaired) electrons. The van der Waals surface area contributed by atoms with Crippen molar-refractivity contribution in [2.24, 2.45) is 7.05 Å². The minimum atomic E-state index is 0.0819. The largest absolute Gasteiger partial charge is 0.303 e. The first-order valence-corrected chi connectivity index (χ1v) is 8.52. The van der Waals surface area contributed by atoms with Gasteiger partial charge >= 0.3 is 0 Å². The number of benzene rings is 1. The second-order valence-corrected chi connectivity index (χ2v) is 6.93. The minimum Gasteiger partial charge on any atom is -0.303 e. The first-order valence-electron chi connectivity index (χ1n) is 7.39. The molecule has 1 heterocycles. The SMILES string of the molecule is C[C@@H](N[C@@H]1CCCc2c1cnn2C)c1ccc(Cl)c(Cl)c1Cl. The lowest BCUT2D eigenvalue weighted by molar-refractivity contribution is 0.411. The molecule has 0 saturated carbocycles. The van der Waals surface area contributed by atoms with Crippen LogP contribution < -0.4 is 5.32 Å². The van der Waals surface area contributed by atoms with E-state index in [-0.39, 0.29) is 12.1 Å². The van der Waals surface area contributed by atoms with Crippen molar-refractivity contribution < 1.29 is 0 Å². The van der Waals surface area contributed by atoms with Crippen LogP contribution in [-0.4, -0.2) is 9.78 Å². The lowest BCUT2D eigenvalue weighted by Gasteiger charge is -2.28. The van der Waals surface area contributed by atoms with Gasteiger partial charge in [0.1, 0.15) is 0 Å². The predicted molar refractivity (Wildman–Crippen MR) is 91.9 cm³/mol. The molecule has 0 fully saturated rings. The molecule has 3 rings (SSSR count). The number of halogens is 3. The quantitative estimate of drug-likeness (QED) is 0.773. The van der Waals surface area contributed by atoms with Crippen LogP contribution >= 0.6 is 34.8 Å². The average Bonchev–Trinajstić information content (AvgIpc) is 2.88. The summed E-state index contributed by atoms with van der Waals surface area (Å²) >= 11 is 18.5. The van der Waals surface area contributed by atoms with Crippen LogP contribution in [0.2, 0.25) is 15.1 Å². The summed E-state index contributed by atoms with van der Waals surface area (Å²) < 4.78 is 1.97. The van der Waals surface area contributed by atoms with E-state index in [2.05, 4.69) is 17.3 Å². The fraction of sp³-hybridized carbons (Fsp3) is 0.438. The Labute approximate surface area is 145 Å². The summed E-state index contributed by atoms with van der Waals surface area (Å²) in [5.74, 6) is 0. The van der Waals surface area contributed by atoms with Gasteiger partial charge in [0.05, 0.1) is 21.3 Å².